The van der Waals surface area contributed by atoms with Gasteiger partial charge >= 0.3 is 0 Å². The zero-order chi connectivity index (χ0) is 17.1. The summed E-state index contributed by atoms with van der Waals surface area (Å²) in [5.74, 6) is 0.761. The Balaban J connectivity index is 1.59. The van der Waals surface area contributed by atoms with Crippen LogP contribution in [0.5, 0.6) is 0 Å². The lowest BCUT2D eigenvalue weighted by atomic mass is 10.1. The summed E-state index contributed by atoms with van der Waals surface area (Å²) in [6, 6.07) is 12.7. The first kappa shape index (κ1) is 15.5. The van der Waals surface area contributed by atoms with Gasteiger partial charge in [0.15, 0.2) is 0 Å². The average molecular weight is 336 g/mol. The van der Waals surface area contributed by atoms with Crippen molar-refractivity contribution in [3.05, 3.63) is 54.2 Å². The lowest BCUT2D eigenvalue weighted by Crippen LogP contribution is -2.40. The zero-order valence-corrected chi connectivity index (χ0v) is 13.5. The Hall–Kier alpha value is -3.06. The lowest BCUT2D eigenvalue weighted by Gasteiger charge is -2.26. The van der Waals surface area contributed by atoms with Gasteiger partial charge < -0.3 is 14.2 Å². The van der Waals surface area contributed by atoms with Gasteiger partial charge in [-0.05, 0) is 24.3 Å². The molecule has 1 fully saturated rings. The second-order valence-corrected chi connectivity index (χ2v) is 5.62. The molecule has 1 amide bonds. The number of benzene rings is 1. The quantitative estimate of drug-likeness (QED) is 0.730. The van der Waals surface area contributed by atoms with Gasteiger partial charge in [-0.3, -0.25) is 9.78 Å². The summed E-state index contributed by atoms with van der Waals surface area (Å²) in [4.78, 5) is 23.0. The largest absolute Gasteiger partial charge is 0.378 e. The Kier molecular flexibility index (Phi) is 4.22. The van der Waals surface area contributed by atoms with E-state index in [1.807, 2.05) is 24.3 Å². The molecule has 126 valence electrons. The van der Waals surface area contributed by atoms with E-state index in [0.29, 0.717) is 49.3 Å². The summed E-state index contributed by atoms with van der Waals surface area (Å²) in [6.45, 7) is 2.36. The van der Waals surface area contributed by atoms with E-state index in [2.05, 4.69) is 15.1 Å². The molecule has 3 heterocycles. The van der Waals surface area contributed by atoms with Crippen LogP contribution in [0, 0.1) is 0 Å². The summed E-state index contributed by atoms with van der Waals surface area (Å²) in [7, 11) is 0. The minimum atomic E-state index is -0.0152. The molecule has 7 heteroatoms. The van der Waals surface area contributed by atoms with Gasteiger partial charge in [-0.2, -0.15) is 4.98 Å². The van der Waals surface area contributed by atoms with Crippen LogP contribution in [0.3, 0.4) is 0 Å². The molecular formula is C18H16N4O3. The van der Waals surface area contributed by atoms with Crippen molar-refractivity contribution in [2.24, 2.45) is 0 Å². The van der Waals surface area contributed by atoms with Gasteiger partial charge in [0.25, 0.3) is 11.8 Å². The fourth-order valence-electron chi connectivity index (χ4n) is 2.67. The molecule has 0 saturated carbocycles. The van der Waals surface area contributed by atoms with Crippen LogP contribution in [-0.4, -0.2) is 52.2 Å². The van der Waals surface area contributed by atoms with Crippen molar-refractivity contribution in [3.8, 4) is 23.0 Å². The Morgan fingerprint density at radius 2 is 1.96 bits per heavy atom. The van der Waals surface area contributed by atoms with Crippen LogP contribution < -0.4 is 0 Å². The highest BCUT2D eigenvalue weighted by atomic mass is 16.5. The molecule has 0 aliphatic carbocycles. The molecule has 4 rings (SSSR count). The van der Waals surface area contributed by atoms with Gasteiger partial charge in [0.2, 0.25) is 5.82 Å². The molecule has 7 nitrogen and oxygen atoms in total. The SMILES string of the molecule is O=C(c1cccc(-c2noc(-c3ccccn3)n2)c1)N1CCOCC1. The van der Waals surface area contributed by atoms with E-state index in [0.717, 1.165) is 5.56 Å². The first-order valence-electron chi connectivity index (χ1n) is 8.04. The molecule has 0 bridgehead atoms. The van der Waals surface area contributed by atoms with E-state index in [1.54, 1.807) is 29.3 Å². The molecule has 3 aromatic rings. The highest BCUT2D eigenvalue weighted by Crippen LogP contribution is 2.22. The van der Waals surface area contributed by atoms with Crippen LogP contribution >= 0.6 is 0 Å². The molecule has 0 spiro atoms. The Morgan fingerprint density at radius 1 is 1.08 bits per heavy atom. The Labute approximate surface area is 144 Å². The Bertz CT molecular complexity index is 873. The van der Waals surface area contributed by atoms with Gasteiger partial charge in [0.1, 0.15) is 5.69 Å². The predicted octanol–water partition coefficient (Wildman–Crippen LogP) is 2.27. The maximum atomic E-state index is 12.6. The number of nitrogens with zero attached hydrogens (tertiary/aromatic N) is 4. The minimum Gasteiger partial charge on any atom is -0.378 e. The summed E-state index contributed by atoms with van der Waals surface area (Å²) in [5, 5.41) is 4.00. The number of hydrogen-bond donors (Lipinski definition) is 0. The number of hydrogen-bond acceptors (Lipinski definition) is 6. The standard InChI is InChI=1S/C18H16N4O3/c23-18(22-8-10-24-11-9-22)14-5-3-4-13(12-14)16-20-17(25-21-16)15-6-1-2-7-19-15/h1-7,12H,8-11H2. The molecule has 1 saturated heterocycles. The third-order valence-electron chi connectivity index (χ3n) is 3.98. The number of pyridine rings is 1. The molecule has 0 N–H and O–H groups in total. The smallest absolute Gasteiger partial charge is 0.276 e. The highest BCUT2D eigenvalue weighted by Gasteiger charge is 2.19. The van der Waals surface area contributed by atoms with E-state index in [4.69, 9.17) is 9.26 Å². The molecule has 0 radical (unpaired) electrons. The molecule has 1 aliphatic heterocycles. The van der Waals surface area contributed by atoms with Crippen molar-refractivity contribution in [1.29, 1.82) is 0 Å². The molecule has 25 heavy (non-hydrogen) atoms. The van der Waals surface area contributed by atoms with Crippen LogP contribution in [0.4, 0.5) is 0 Å². The van der Waals surface area contributed by atoms with E-state index in [9.17, 15) is 4.79 Å². The first-order valence-corrected chi connectivity index (χ1v) is 8.04. The van der Waals surface area contributed by atoms with Crippen molar-refractivity contribution in [2.75, 3.05) is 26.3 Å². The van der Waals surface area contributed by atoms with Gasteiger partial charge in [0.05, 0.1) is 13.2 Å². The number of morpholine rings is 1. The monoisotopic (exact) mass is 336 g/mol. The first-order chi connectivity index (χ1) is 12.3. The van der Waals surface area contributed by atoms with Crippen molar-refractivity contribution in [2.45, 2.75) is 0 Å². The Morgan fingerprint density at radius 3 is 2.76 bits per heavy atom. The summed E-state index contributed by atoms with van der Waals surface area (Å²) >= 11 is 0. The number of amides is 1. The lowest BCUT2D eigenvalue weighted by molar-refractivity contribution is 0.0303. The maximum absolute atomic E-state index is 12.6. The van der Waals surface area contributed by atoms with Gasteiger partial charge in [-0.1, -0.05) is 23.4 Å². The number of carbonyl (C=O) groups excluding carboxylic acids is 1. The third kappa shape index (κ3) is 3.27. The van der Waals surface area contributed by atoms with Crippen molar-refractivity contribution in [1.82, 2.24) is 20.0 Å². The number of carbonyl (C=O) groups is 1. The normalized spacial score (nSPS) is 14.5. The van der Waals surface area contributed by atoms with Gasteiger partial charge in [0, 0.05) is 30.4 Å². The summed E-state index contributed by atoms with van der Waals surface area (Å²) in [6.07, 6.45) is 1.67. The van der Waals surface area contributed by atoms with Crippen LogP contribution in [-0.2, 0) is 4.74 Å². The second kappa shape index (κ2) is 6.82. The third-order valence-corrected chi connectivity index (χ3v) is 3.98. The van der Waals surface area contributed by atoms with Crippen molar-refractivity contribution < 1.29 is 14.1 Å². The summed E-state index contributed by atoms with van der Waals surface area (Å²) < 4.78 is 10.6. The van der Waals surface area contributed by atoms with Crippen molar-refractivity contribution in [3.63, 3.8) is 0 Å². The van der Waals surface area contributed by atoms with Gasteiger partial charge in [-0.15, -0.1) is 0 Å². The number of aromatic nitrogens is 3. The zero-order valence-electron chi connectivity index (χ0n) is 13.5. The van der Waals surface area contributed by atoms with Crippen LogP contribution in [0.25, 0.3) is 23.0 Å². The van der Waals surface area contributed by atoms with E-state index < -0.39 is 0 Å². The van der Waals surface area contributed by atoms with E-state index >= 15 is 0 Å². The number of ether oxygens (including phenoxy) is 1. The van der Waals surface area contributed by atoms with E-state index in [-0.39, 0.29) is 5.91 Å². The average Bonchev–Trinajstić information content (AvgIpc) is 3.19. The topological polar surface area (TPSA) is 81.3 Å². The molecule has 2 aromatic heterocycles. The van der Waals surface area contributed by atoms with Crippen LogP contribution in [0.2, 0.25) is 0 Å². The molecule has 0 unspecified atom stereocenters. The van der Waals surface area contributed by atoms with E-state index in [1.165, 1.54) is 0 Å². The van der Waals surface area contributed by atoms with Crippen LogP contribution in [0.1, 0.15) is 10.4 Å². The minimum absolute atomic E-state index is 0.0152. The predicted molar refractivity (Wildman–Crippen MR) is 89.7 cm³/mol. The maximum Gasteiger partial charge on any atom is 0.276 e. The second-order valence-electron chi connectivity index (χ2n) is 5.62. The van der Waals surface area contributed by atoms with Crippen LogP contribution in [0.15, 0.2) is 53.2 Å². The molecule has 0 atom stereocenters. The molecule has 1 aromatic carbocycles. The fourth-order valence-corrected chi connectivity index (χ4v) is 2.67. The highest BCUT2D eigenvalue weighted by molar-refractivity contribution is 5.95. The molecular weight excluding hydrogens is 320 g/mol. The summed E-state index contributed by atoms with van der Waals surface area (Å²) in [5.41, 5.74) is 1.94. The fraction of sp³-hybridized carbons (Fsp3) is 0.222. The van der Waals surface area contributed by atoms with Crippen molar-refractivity contribution >= 4 is 5.91 Å². The van der Waals surface area contributed by atoms with Gasteiger partial charge in [-0.25, -0.2) is 0 Å². The molecule has 1 aliphatic rings. The number of rotatable bonds is 3.